The van der Waals surface area contributed by atoms with E-state index in [1.165, 1.54) is 11.8 Å². The van der Waals surface area contributed by atoms with Crippen LogP contribution in [0.3, 0.4) is 0 Å². The first-order chi connectivity index (χ1) is 9.17. The lowest BCUT2D eigenvalue weighted by Crippen LogP contribution is -2.63. The highest BCUT2D eigenvalue weighted by Gasteiger charge is 2.55. The van der Waals surface area contributed by atoms with E-state index in [-0.39, 0.29) is 11.5 Å². The van der Waals surface area contributed by atoms with Gasteiger partial charge in [-0.1, -0.05) is 0 Å². The van der Waals surface area contributed by atoms with Crippen molar-refractivity contribution in [2.75, 3.05) is 6.26 Å². The van der Waals surface area contributed by atoms with Gasteiger partial charge >= 0.3 is 24.1 Å². The van der Waals surface area contributed by atoms with E-state index < -0.39 is 38.0 Å². The summed E-state index contributed by atoms with van der Waals surface area (Å²) in [5.74, 6) is -1.79. The molecule has 1 fully saturated rings. The molecule has 0 aromatic heterocycles. The number of halogens is 1. The zero-order chi connectivity index (χ0) is 15.2. The molecule has 2 aliphatic rings. The Morgan fingerprint density at radius 2 is 2.10 bits per heavy atom. The van der Waals surface area contributed by atoms with Crippen LogP contribution in [-0.2, 0) is 28.5 Å². The Labute approximate surface area is 126 Å². The van der Waals surface area contributed by atoms with Crippen LogP contribution in [0.4, 0.5) is 0 Å². The zero-order valence-electron chi connectivity index (χ0n) is 10.4. The van der Waals surface area contributed by atoms with Crippen LogP contribution in [-0.4, -0.2) is 55.5 Å². The number of thioether (sulfide) groups is 1. The fourth-order valence-corrected chi connectivity index (χ4v) is 4.20. The minimum Gasteiger partial charge on any atom is -0.539 e. The van der Waals surface area contributed by atoms with E-state index in [9.17, 15) is 18.0 Å². The Hall–Kier alpha value is -0.865. The minimum absolute atomic E-state index is 0.193. The number of alkyl halides is 1. The first-order valence-corrected chi connectivity index (χ1v) is 8.54. The lowest BCUT2D eigenvalue weighted by Gasteiger charge is -2.48. The number of β-lactam (4-membered cyclic amide) rings is 1. The van der Waals surface area contributed by atoms with Gasteiger partial charge in [-0.15, -0.1) is 23.4 Å². The maximum atomic E-state index is 11.7. The molecule has 0 unspecified atom stereocenters. The Morgan fingerprint density at radius 1 is 1.50 bits per heavy atom. The molecule has 0 aromatic carbocycles. The van der Waals surface area contributed by atoms with Crippen LogP contribution in [0.25, 0.3) is 0 Å². The van der Waals surface area contributed by atoms with E-state index in [1.54, 1.807) is 6.92 Å². The maximum absolute atomic E-state index is 11.7. The third-order valence-corrected chi connectivity index (χ3v) is 5.15. The number of hydrogen-bond acceptors (Lipinski definition) is 7. The second kappa shape index (κ2) is 5.16. The van der Waals surface area contributed by atoms with Crippen molar-refractivity contribution in [1.29, 1.82) is 0 Å². The summed E-state index contributed by atoms with van der Waals surface area (Å²) in [5, 5.41) is -1.78. The molecule has 3 atom stereocenters. The van der Waals surface area contributed by atoms with E-state index in [0.717, 1.165) is 11.2 Å². The number of fused-ring (bicyclic) bond motifs is 1. The highest BCUT2D eigenvalue weighted by Crippen LogP contribution is 2.46. The van der Waals surface area contributed by atoms with Crippen molar-refractivity contribution in [2.45, 2.75) is 22.9 Å². The third kappa shape index (κ3) is 2.51. The predicted octanol–water partition coefficient (Wildman–Crippen LogP) is -0.288. The Bertz CT molecular complexity index is 606. The fraction of sp³-hybridized carbons (Fsp3) is 0.556. The van der Waals surface area contributed by atoms with Crippen molar-refractivity contribution in [2.24, 2.45) is 0 Å². The molecule has 7 nitrogen and oxygen atoms in total. The van der Waals surface area contributed by atoms with Gasteiger partial charge in [-0.2, -0.15) is 8.42 Å². The Balaban J connectivity index is 2.51. The maximum Gasteiger partial charge on any atom is 0.378 e. The van der Waals surface area contributed by atoms with E-state index in [1.807, 2.05) is 0 Å². The van der Waals surface area contributed by atoms with Gasteiger partial charge in [0.1, 0.15) is 10.8 Å². The number of hydrogen-bond donors (Lipinski definition) is 0. The van der Waals surface area contributed by atoms with Crippen molar-refractivity contribution in [3.05, 3.63) is 11.5 Å². The molecule has 1 saturated heterocycles. The summed E-state index contributed by atoms with van der Waals surface area (Å²) in [7, 11) is 0.950. The predicted molar refractivity (Wildman–Crippen MR) is 72.1 cm³/mol. The van der Waals surface area contributed by atoms with Crippen LogP contribution in [0.15, 0.2) is 11.5 Å². The lowest BCUT2D eigenvalue weighted by atomic mass is 10.1. The normalized spacial score (nSPS) is 29.6. The van der Waals surface area contributed by atoms with Crippen LogP contribution in [0, 0.1) is 0 Å². The highest BCUT2D eigenvalue weighted by atomic mass is 35.5. The van der Waals surface area contributed by atoms with Crippen LogP contribution < -0.4 is 0 Å². The molecular formula is C9H9BClNO6S2. The summed E-state index contributed by atoms with van der Waals surface area (Å²) in [6.45, 7) is 1.62. The van der Waals surface area contributed by atoms with Crippen molar-refractivity contribution >= 4 is 53.4 Å². The van der Waals surface area contributed by atoms with E-state index >= 15 is 0 Å². The zero-order valence-corrected chi connectivity index (χ0v) is 12.8. The van der Waals surface area contributed by atoms with Gasteiger partial charge in [0.05, 0.1) is 11.5 Å². The van der Waals surface area contributed by atoms with Gasteiger partial charge in [0, 0.05) is 0 Å². The molecule has 1 amide bonds. The highest BCUT2D eigenvalue weighted by molar-refractivity contribution is 8.01. The summed E-state index contributed by atoms with van der Waals surface area (Å²) < 4.78 is 31.5. The van der Waals surface area contributed by atoms with Gasteiger partial charge in [0.15, 0.2) is 11.5 Å². The Kier molecular flexibility index (Phi) is 4.00. The Morgan fingerprint density at radius 3 is 2.60 bits per heavy atom. The SMILES string of the molecule is [B]OC(=O)C1=C(OS(C)(=O)=O)[C@H](C)S[C@@H]2[C@H](Cl)C(=O)N12. The number of carbonyl (C=O) groups is 2. The van der Waals surface area contributed by atoms with E-state index in [2.05, 4.69) is 4.65 Å². The van der Waals surface area contributed by atoms with E-state index in [4.69, 9.17) is 23.8 Å². The molecule has 0 aromatic rings. The standard InChI is InChI=1S/C9H9BClNO6S2/c1-3-6(18-20(2,15)16)5(9(14)17-10)12-7(13)4(11)8(12)19-3/h3-4,8H,1-2H3/t3-,4+,8+/m0/s1. The molecule has 20 heavy (non-hydrogen) atoms. The molecule has 2 radical (unpaired) electrons. The molecule has 2 rings (SSSR count). The monoisotopic (exact) mass is 337 g/mol. The molecule has 108 valence electrons. The molecule has 2 aliphatic heterocycles. The second-order valence-electron chi connectivity index (χ2n) is 4.18. The average Bonchev–Trinajstić information content (AvgIpc) is 2.37. The van der Waals surface area contributed by atoms with Crippen molar-refractivity contribution in [3.8, 4) is 0 Å². The van der Waals surface area contributed by atoms with Crippen LogP contribution in [0.1, 0.15) is 6.92 Å². The lowest BCUT2D eigenvalue weighted by molar-refractivity contribution is -0.144. The fourth-order valence-electron chi connectivity index (χ4n) is 1.90. The summed E-state index contributed by atoms with van der Waals surface area (Å²) >= 11 is 7.06. The second-order valence-corrected chi connectivity index (χ2v) is 7.69. The summed E-state index contributed by atoms with van der Waals surface area (Å²) in [6, 6.07) is 0. The smallest absolute Gasteiger partial charge is 0.378 e. The summed E-state index contributed by atoms with van der Waals surface area (Å²) in [4.78, 5) is 24.5. The quantitative estimate of drug-likeness (QED) is 0.302. The van der Waals surface area contributed by atoms with Gasteiger partial charge in [0.25, 0.3) is 0 Å². The average molecular weight is 338 g/mol. The molecule has 0 saturated carbocycles. The molecule has 0 N–H and O–H groups in total. The van der Waals surface area contributed by atoms with Gasteiger partial charge in [-0.3, -0.25) is 9.69 Å². The van der Waals surface area contributed by atoms with Gasteiger partial charge in [0.2, 0.25) is 5.91 Å². The van der Waals surface area contributed by atoms with Crippen LogP contribution in [0.2, 0.25) is 0 Å². The summed E-state index contributed by atoms with van der Waals surface area (Å²) in [6.07, 6.45) is 0.831. The molecule has 11 heteroatoms. The van der Waals surface area contributed by atoms with Crippen molar-refractivity contribution < 1.29 is 26.8 Å². The number of rotatable bonds is 3. The third-order valence-electron chi connectivity index (χ3n) is 2.71. The minimum atomic E-state index is -3.87. The largest absolute Gasteiger partial charge is 0.539 e. The van der Waals surface area contributed by atoms with Gasteiger partial charge < -0.3 is 8.84 Å². The van der Waals surface area contributed by atoms with Gasteiger partial charge in [-0.05, 0) is 6.92 Å². The van der Waals surface area contributed by atoms with Crippen LogP contribution >= 0.6 is 23.4 Å². The molecule has 0 aliphatic carbocycles. The van der Waals surface area contributed by atoms with Crippen molar-refractivity contribution in [1.82, 2.24) is 4.90 Å². The number of amides is 1. The number of nitrogens with zero attached hydrogens (tertiary/aromatic N) is 1. The first-order valence-electron chi connectivity index (χ1n) is 5.34. The molecular weight excluding hydrogens is 328 g/mol. The topological polar surface area (TPSA) is 90.0 Å². The number of carbonyl (C=O) groups excluding carboxylic acids is 2. The van der Waals surface area contributed by atoms with E-state index in [0.29, 0.717) is 0 Å². The van der Waals surface area contributed by atoms with Gasteiger partial charge in [-0.25, -0.2) is 4.79 Å². The first kappa shape index (κ1) is 15.5. The molecule has 0 spiro atoms. The molecule has 2 heterocycles. The van der Waals surface area contributed by atoms with Crippen molar-refractivity contribution in [3.63, 3.8) is 0 Å². The summed E-state index contributed by atoms with van der Waals surface area (Å²) in [5.41, 5.74) is -0.323. The molecule has 0 bridgehead atoms. The van der Waals surface area contributed by atoms with Crippen LogP contribution in [0.5, 0.6) is 0 Å².